The minimum Gasteiger partial charge on any atom is -0.394 e. The lowest BCUT2D eigenvalue weighted by Crippen LogP contribution is -2.45. The highest BCUT2D eigenvalue weighted by atomic mass is 16.3. The van der Waals surface area contributed by atoms with Crippen LogP contribution in [0.25, 0.3) is 0 Å². The number of nitrogens with one attached hydrogen (secondary N) is 1. The zero-order valence-electron chi connectivity index (χ0n) is 27.0. The first-order chi connectivity index (χ1) is 19.5. The summed E-state index contributed by atoms with van der Waals surface area (Å²) in [7, 11) is 0. The Bertz CT molecular complexity index is 589. The Kier molecular flexibility index (Phi) is 29.9. The zero-order valence-corrected chi connectivity index (χ0v) is 27.0. The molecule has 0 radical (unpaired) electrons. The lowest BCUT2D eigenvalue weighted by Gasteiger charge is -2.19. The first kappa shape index (κ1) is 38.9. The summed E-state index contributed by atoms with van der Waals surface area (Å²) in [6, 6.07) is -0.633. The number of hydrogen-bond donors (Lipinski definition) is 3. The van der Waals surface area contributed by atoms with Gasteiger partial charge in [0, 0.05) is 6.42 Å². The van der Waals surface area contributed by atoms with Gasteiger partial charge in [-0.15, -0.1) is 0 Å². The van der Waals surface area contributed by atoms with E-state index in [-0.39, 0.29) is 12.5 Å². The van der Waals surface area contributed by atoms with E-state index in [4.69, 9.17) is 0 Å². The molecule has 0 fully saturated rings. The van der Waals surface area contributed by atoms with E-state index in [2.05, 4.69) is 38.2 Å². The van der Waals surface area contributed by atoms with Gasteiger partial charge < -0.3 is 15.5 Å². The number of rotatable bonds is 30. The van der Waals surface area contributed by atoms with Crippen LogP contribution >= 0.6 is 0 Å². The molecule has 4 heteroatoms. The Labute approximate surface area is 249 Å². The maximum Gasteiger partial charge on any atom is 0.220 e. The highest BCUT2D eigenvalue weighted by Gasteiger charge is 2.17. The molecule has 1 unspecified atom stereocenters. The quantitative estimate of drug-likeness (QED) is 0.0601. The van der Waals surface area contributed by atoms with Gasteiger partial charge in [0.25, 0.3) is 0 Å². The van der Waals surface area contributed by atoms with Crippen LogP contribution in [-0.4, -0.2) is 34.9 Å². The van der Waals surface area contributed by atoms with Crippen molar-refractivity contribution in [3.63, 3.8) is 0 Å². The van der Waals surface area contributed by atoms with Gasteiger partial charge in [0.15, 0.2) is 0 Å². The summed E-state index contributed by atoms with van der Waals surface area (Å²) in [5.41, 5.74) is 0. The van der Waals surface area contributed by atoms with E-state index < -0.39 is 12.1 Å². The molecule has 0 saturated carbocycles. The molecule has 0 aliphatic heterocycles. The van der Waals surface area contributed by atoms with Crippen LogP contribution in [0.3, 0.4) is 0 Å². The number of hydrogen-bond acceptors (Lipinski definition) is 3. The Morgan fingerprint density at radius 3 is 1.77 bits per heavy atom. The van der Waals surface area contributed by atoms with Crippen molar-refractivity contribution in [2.45, 2.75) is 187 Å². The van der Waals surface area contributed by atoms with E-state index in [0.29, 0.717) is 6.42 Å². The molecule has 0 aromatic heterocycles. The molecular weight excluding hydrogens is 494 g/mol. The van der Waals surface area contributed by atoms with Crippen molar-refractivity contribution in [3.8, 4) is 0 Å². The lowest BCUT2D eigenvalue weighted by molar-refractivity contribution is -0.123. The third-order valence-corrected chi connectivity index (χ3v) is 8.06. The second-order valence-electron chi connectivity index (χ2n) is 12.2. The van der Waals surface area contributed by atoms with Crippen molar-refractivity contribution in [1.29, 1.82) is 0 Å². The molecule has 3 N–H and O–H groups in total. The molecule has 0 bridgehead atoms. The normalized spacial score (nSPS) is 14.2. The Morgan fingerprint density at radius 1 is 0.650 bits per heavy atom. The number of amides is 1. The van der Waals surface area contributed by atoms with Crippen LogP contribution in [0.2, 0.25) is 0 Å². The summed E-state index contributed by atoms with van der Waals surface area (Å²) in [5.74, 6) is 0.823. The van der Waals surface area contributed by atoms with Gasteiger partial charge in [-0.2, -0.15) is 0 Å². The van der Waals surface area contributed by atoms with Crippen LogP contribution in [0.1, 0.15) is 175 Å². The number of carbonyl (C=O) groups excluding carboxylic acids is 1. The minimum atomic E-state index is -0.856. The smallest absolute Gasteiger partial charge is 0.220 e. The molecule has 0 rings (SSSR count). The molecule has 0 aromatic rings. The van der Waals surface area contributed by atoms with Gasteiger partial charge in [0.05, 0.1) is 18.8 Å². The number of unbranched alkanes of at least 4 members (excludes halogenated alkanes) is 17. The highest BCUT2D eigenvalue weighted by Crippen LogP contribution is 2.17. The van der Waals surface area contributed by atoms with Crippen LogP contribution in [0.15, 0.2) is 24.3 Å². The molecule has 0 heterocycles. The molecule has 0 aromatic carbocycles. The summed E-state index contributed by atoms with van der Waals surface area (Å²) in [5, 5.41) is 22.8. The van der Waals surface area contributed by atoms with Gasteiger partial charge in [0.1, 0.15) is 0 Å². The summed E-state index contributed by atoms with van der Waals surface area (Å²) in [4.78, 5) is 12.3. The molecule has 1 amide bonds. The van der Waals surface area contributed by atoms with Crippen molar-refractivity contribution in [2.75, 3.05) is 6.61 Å². The fourth-order valence-electron chi connectivity index (χ4n) is 5.36. The van der Waals surface area contributed by atoms with Crippen molar-refractivity contribution < 1.29 is 15.0 Å². The molecule has 236 valence electrons. The Hall–Kier alpha value is -1.13. The minimum absolute atomic E-state index is 0.0759. The van der Waals surface area contributed by atoms with Gasteiger partial charge in [-0.25, -0.2) is 0 Å². The van der Waals surface area contributed by atoms with Crippen molar-refractivity contribution >= 4 is 5.91 Å². The maximum absolute atomic E-state index is 12.3. The topological polar surface area (TPSA) is 69.6 Å². The summed E-state index contributed by atoms with van der Waals surface area (Å²) < 4.78 is 0. The predicted molar refractivity (Wildman–Crippen MR) is 175 cm³/mol. The van der Waals surface area contributed by atoms with Crippen molar-refractivity contribution in [1.82, 2.24) is 5.32 Å². The van der Waals surface area contributed by atoms with E-state index in [0.717, 1.165) is 38.0 Å². The lowest BCUT2D eigenvalue weighted by atomic mass is 9.98. The van der Waals surface area contributed by atoms with Gasteiger partial charge in [-0.3, -0.25) is 4.79 Å². The van der Waals surface area contributed by atoms with Gasteiger partial charge in [0.2, 0.25) is 5.91 Å². The molecule has 0 aliphatic rings. The largest absolute Gasteiger partial charge is 0.394 e. The average molecular weight is 564 g/mol. The summed E-state index contributed by atoms with van der Waals surface area (Å²) in [6.07, 6.45) is 36.7. The molecule has 3 atom stereocenters. The second kappa shape index (κ2) is 30.8. The number of aliphatic hydroxyl groups is 2. The van der Waals surface area contributed by atoms with Crippen molar-refractivity contribution in [2.24, 2.45) is 5.92 Å². The Balaban J connectivity index is 3.70. The SMILES string of the molecule is CCCCCCCCC/C=C/CC/C=C/[C@H](O)[C@@H](CO)NC(=O)CCCCCCCCCCCCC(C)CCC. The van der Waals surface area contributed by atoms with Gasteiger partial charge >= 0.3 is 0 Å². The van der Waals surface area contributed by atoms with E-state index >= 15 is 0 Å². The van der Waals surface area contributed by atoms with Crippen LogP contribution in [0, 0.1) is 5.92 Å². The van der Waals surface area contributed by atoms with E-state index in [1.165, 1.54) is 116 Å². The fraction of sp³-hybridized carbons (Fsp3) is 0.861. The van der Waals surface area contributed by atoms with Crippen LogP contribution in [-0.2, 0) is 4.79 Å². The molecule has 0 spiro atoms. The summed E-state index contributed by atoms with van der Waals surface area (Å²) >= 11 is 0. The number of allylic oxidation sites excluding steroid dienone is 3. The monoisotopic (exact) mass is 564 g/mol. The average Bonchev–Trinajstić information content (AvgIpc) is 2.94. The molecular formula is C36H69NO3. The van der Waals surface area contributed by atoms with Gasteiger partial charge in [-0.05, 0) is 38.0 Å². The van der Waals surface area contributed by atoms with E-state index in [9.17, 15) is 15.0 Å². The van der Waals surface area contributed by atoms with Crippen molar-refractivity contribution in [3.05, 3.63) is 24.3 Å². The van der Waals surface area contributed by atoms with Crippen LogP contribution in [0.5, 0.6) is 0 Å². The van der Waals surface area contributed by atoms with Gasteiger partial charge in [-0.1, -0.05) is 161 Å². The third-order valence-electron chi connectivity index (χ3n) is 8.06. The Morgan fingerprint density at radius 2 is 1.18 bits per heavy atom. The molecule has 40 heavy (non-hydrogen) atoms. The zero-order chi connectivity index (χ0) is 29.5. The van der Waals surface area contributed by atoms with Crippen LogP contribution < -0.4 is 5.32 Å². The second-order valence-corrected chi connectivity index (χ2v) is 12.2. The third kappa shape index (κ3) is 27.1. The number of aliphatic hydroxyl groups excluding tert-OH is 2. The fourth-order valence-corrected chi connectivity index (χ4v) is 5.36. The summed E-state index contributed by atoms with van der Waals surface area (Å²) in [6.45, 7) is 6.67. The van der Waals surface area contributed by atoms with Crippen LogP contribution in [0.4, 0.5) is 0 Å². The molecule has 0 aliphatic carbocycles. The van der Waals surface area contributed by atoms with E-state index in [1.807, 2.05) is 6.08 Å². The highest BCUT2D eigenvalue weighted by molar-refractivity contribution is 5.76. The maximum atomic E-state index is 12.3. The number of carbonyl (C=O) groups is 1. The molecule has 0 saturated heterocycles. The first-order valence-corrected chi connectivity index (χ1v) is 17.4. The standard InChI is InChI=1S/C36H69NO3/c1-4-6-7-8-9-10-11-12-13-17-20-23-26-30-35(39)34(32-38)37-36(40)31-27-24-21-18-15-14-16-19-22-25-29-33(3)28-5-2/h13,17,26,30,33-35,38-39H,4-12,14-16,18-25,27-29,31-32H2,1-3H3,(H,37,40)/b17-13+,30-26+/t33?,34-,35+/m1/s1. The molecule has 4 nitrogen and oxygen atoms in total. The predicted octanol–water partition coefficient (Wildman–Crippen LogP) is 9.98. The van der Waals surface area contributed by atoms with E-state index in [1.54, 1.807) is 6.08 Å². The first-order valence-electron chi connectivity index (χ1n) is 17.4.